The van der Waals surface area contributed by atoms with Gasteiger partial charge in [-0.05, 0) is 40.0 Å². The number of hydrogen-bond donors (Lipinski definition) is 2. The van der Waals surface area contributed by atoms with Gasteiger partial charge in [0.2, 0.25) is 0 Å². The molecule has 0 radical (unpaired) electrons. The van der Waals surface area contributed by atoms with Crippen molar-refractivity contribution < 1.29 is 14.9 Å². The summed E-state index contributed by atoms with van der Waals surface area (Å²) in [5.41, 5.74) is 0.576. The molecule has 0 amide bonds. The predicted molar refractivity (Wildman–Crippen MR) is 66.7 cm³/mol. The molecule has 0 aliphatic rings. The molecule has 1 aromatic carbocycles. The third-order valence-corrected chi connectivity index (χ3v) is 3.23. The Hall–Kier alpha value is -0.580. The lowest BCUT2D eigenvalue weighted by Crippen LogP contribution is -2.28. The Morgan fingerprint density at radius 1 is 1.31 bits per heavy atom. The molecule has 0 fully saturated rings. The van der Waals surface area contributed by atoms with Gasteiger partial charge in [-0.3, -0.25) is 0 Å². The van der Waals surface area contributed by atoms with Crippen molar-refractivity contribution in [2.75, 3.05) is 20.3 Å². The highest BCUT2D eigenvalue weighted by Crippen LogP contribution is 2.29. The normalized spacial score (nSPS) is 11.6. The van der Waals surface area contributed by atoms with Crippen molar-refractivity contribution in [1.29, 1.82) is 0 Å². The lowest BCUT2D eigenvalue weighted by atomic mass is 9.85. The standard InChI is InChI=1S/C12H17BrO3/c1-12(7-14,8-15)6-9-3-4-11(16-2)10(13)5-9/h3-5,14-15H,6-8H2,1-2H3. The van der Waals surface area contributed by atoms with Gasteiger partial charge in [0.1, 0.15) is 5.75 Å². The molecule has 0 aliphatic heterocycles. The van der Waals surface area contributed by atoms with Gasteiger partial charge < -0.3 is 14.9 Å². The van der Waals surface area contributed by atoms with E-state index in [2.05, 4.69) is 15.9 Å². The molecule has 1 rings (SSSR count). The minimum absolute atomic E-state index is 0.0346. The first-order chi connectivity index (χ1) is 7.54. The van der Waals surface area contributed by atoms with E-state index in [1.165, 1.54) is 0 Å². The topological polar surface area (TPSA) is 49.7 Å². The summed E-state index contributed by atoms with van der Waals surface area (Å²) in [5.74, 6) is 0.776. The maximum Gasteiger partial charge on any atom is 0.133 e. The van der Waals surface area contributed by atoms with Crippen LogP contribution in [0.5, 0.6) is 5.75 Å². The maximum atomic E-state index is 9.22. The van der Waals surface area contributed by atoms with E-state index in [-0.39, 0.29) is 13.2 Å². The lowest BCUT2D eigenvalue weighted by Gasteiger charge is -2.24. The number of aliphatic hydroxyl groups is 2. The predicted octanol–water partition coefficient (Wildman–Crippen LogP) is 1.99. The molecule has 0 atom stereocenters. The summed E-state index contributed by atoms with van der Waals surface area (Å²) in [6, 6.07) is 5.75. The molecule has 0 unspecified atom stereocenters. The second kappa shape index (κ2) is 5.66. The van der Waals surface area contributed by atoms with Gasteiger partial charge in [0.15, 0.2) is 0 Å². The van der Waals surface area contributed by atoms with Gasteiger partial charge in [0, 0.05) is 5.41 Å². The summed E-state index contributed by atoms with van der Waals surface area (Å²) in [6.07, 6.45) is 0.628. The Bertz CT molecular complexity index is 348. The highest BCUT2D eigenvalue weighted by molar-refractivity contribution is 9.10. The first kappa shape index (κ1) is 13.5. The van der Waals surface area contributed by atoms with Gasteiger partial charge in [0.05, 0.1) is 24.8 Å². The fraction of sp³-hybridized carbons (Fsp3) is 0.500. The summed E-state index contributed by atoms with van der Waals surface area (Å²) in [7, 11) is 1.62. The van der Waals surface area contributed by atoms with Crippen LogP contribution in [0.25, 0.3) is 0 Å². The number of rotatable bonds is 5. The van der Waals surface area contributed by atoms with Crippen molar-refractivity contribution in [3.05, 3.63) is 28.2 Å². The Morgan fingerprint density at radius 3 is 2.38 bits per heavy atom. The van der Waals surface area contributed by atoms with E-state index in [0.29, 0.717) is 6.42 Å². The Kier molecular flexibility index (Phi) is 4.77. The van der Waals surface area contributed by atoms with Crippen molar-refractivity contribution in [1.82, 2.24) is 0 Å². The summed E-state index contributed by atoms with van der Waals surface area (Å²) < 4.78 is 6.02. The van der Waals surface area contributed by atoms with E-state index in [1.54, 1.807) is 7.11 Å². The van der Waals surface area contributed by atoms with Crippen molar-refractivity contribution in [3.63, 3.8) is 0 Å². The molecule has 0 aromatic heterocycles. The molecule has 0 spiro atoms. The first-order valence-corrected chi connectivity index (χ1v) is 5.88. The van der Waals surface area contributed by atoms with E-state index < -0.39 is 5.41 Å². The second-order valence-corrected chi connectivity index (χ2v) is 5.13. The monoisotopic (exact) mass is 288 g/mol. The van der Waals surface area contributed by atoms with Gasteiger partial charge in [-0.25, -0.2) is 0 Å². The van der Waals surface area contributed by atoms with Crippen molar-refractivity contribution in [2.45, 2.75) is 13.3 Å². The number of ether oxygens (including phenoxy) is 1. The highest BCUT2D eigenvalue weighted by atomic mass is 79.9. The molecule has 0 saturated heterocycles. The molecular weight excluding hydrogens is 272 g/mol. The Morgan fingerprint density at radius 2 is 1.94 bits per heavy atom. The maximum absolute atomic E-state index is 9.22. The van der Waals surface area contributed by atoms with Gasteiger partial charge in [-0.1, -0.05) is 13.0 Å². The van der Waals surface area contributed by atoms with Crippen LogP contribution in [0.1, 0.15) is 12.5 Å². The van der Waals surface area contributed by atoms with Crippen molar-refractivity contribution >= 4 is 15.9 Å². The molecule has 0 saturated carbocycles. The smallest absolute Gasteiger partial charge is 0.133 e. The van der Waals surface area contributed by atoms with E-state index in [9.17, 15) is 10.2 Å². The van der Waals surface area contributed by atoms with Crippen LogP contribution in [-0.4, -0.2) is 30.5 Å². The zero-order valence-electron chi connectivity index (χ0n) is 9.53. The first-order valence-electron chi connectivity index (χ1n) is 5.09. The van der Waals surface area contributed by atoms with Crippen molar-refractivity contribution in [3.8, 4) is 5.75 Å². The SMILES string of the molecule is COc1ccc(CC(C)(CO)CO)cc1Br. The third kappa shape index (κ3) is 3.20. The van der Waals surface area contributed by atoms with Gasteiger partial charge in [-0.2, -0.15) is 0 Å². The van der Waals surface area contributed by atoms with Crippen LogP contribution >= 0.6 is 15.9 Å². The second-order valence-electron chi connectivity index (χ2n) is 4.27. The fourth-order valence-electron chi connectivity index (χ4n) is 1.47. The summed E-state index contributed by atoms with van der Waals surface area (Å²) in [4.78, 5) is 0. The molecule has 4 heteroatoms. The van der Waals surface area contributed by atoms with Crippen molar-refractivity contribution in [2.24, 2.45) is 5.41 Å². The molecule has 2 N–H and O–H groups in total. The Balaban J connectivity index is 2.86. The summed E-state index contributed by atoms with van der Waals surface area (Å²) >= 11 is 3.41. The molecular formula is C12H17BrO3. The van der Waals surface area contributed by atoms with Gasteiger partial charge in [-0.15, -0.1) is 0 Å². The van der Waals surface area contributed by atoms with Crippen LogP contribution in [0.4, 0.5) is 0 Å². The minimum Gasteiger partial charge on any atom is -0.496 e. The average molecular weight is 289 g/mol. The quantitative estimate of drug-likeness (QED) is 0.871. The van der Waals surface area contributed by atoms with Gasteiger partial charge >= 0.3 is 0 Å². The zero-order chi connectivity index (χ0) is 12.2. The average Bonchev–Trinajstić information content (AvgIpc) is 2.29. The molecule has 3 nitrogen and oxygen atoms in total. The van der Waals surface area contributed by atoms with E-state index in [0.717, 1.165) is 15.8 Å². The van der Waals surface area contributed by atoms with E-state index >= 15 is 0 Å². The zero-order valence-corrected chi connectivity index (χ0v) is 11.1. The molecule has 16 heavy (non-hydrogen) atoms. The summed E-state index contributed by atoms with van der Waals surface area (Å²) in [5, 5.41) is 18.4. The van der Waals surface area contributed by atoms with Crippen LogP contribution in [0.3, 0.4) is 0 Å². The molecule has 0 bridgehead atoms. The summed E-state index contributed by atoms with van der Waals surface area (Å²) in [6.45, 7) is 1.78. The number of hydrogen-bond acceptors (Lipinski definition) is 3. The molecule has 1 aromatic rings. The van der Waals surface area contributed by atoms with E-state index in [4.69, 9.17) is 4.74 Å². The molecule has 0 heterocycles. The molecule has 90 valence electrons. The third-order valence-electron chi connectivity index (χ3n) is 2.61. The van der Waals surface area contributed by atoms with Crippen LogP contribution in [0.15, 0.2) is 22.7 Å². The minimum atomic E-state index is -0.478. The fourth-order valence-corrected chi connectivity index (χ4v) is 2.06. The Labute approximate surface area is 104 Å². The number of halogens is 1. The van der Waals surface area contributed by atoms with Crippen LogP contribution < -0.4 is 4.74 Å². The number of aliphatic hydroxyl groups excluding tert-OH is 2. The molecule has 0 aliphatic carbocycles. The number of methoxy groups -OCH3 is 1. The lowest BCUT2D eigenvalue weighted by molar-refractivity contribution is 0.0704. The van der Waals surface area contributed by atoms with E-state index in [1.807, 2.05) is 25.1 Å². The largest absolute Gasteiger partial charge is 0.496 e. The van der Waals surface area contributed by atoms with Crippen LogP contribution in [0.2, 0.25) is 0 Å². The van der Waals surface area contributed by atoms with Crippen LogP contribution in [-0.2, 0) is 6.42 Å². The number of benzene rings is 1. The highest BCUT2D eigenvalue weighted by Gasteiger charge is 2.23. The van der Waals surface area contributed by atoms with Crippen LogP contribution in [0, 0.1) is 5.41 Å². The van der Waals surface area contributed by atoms with Gasteiger partial charge in [0.25, 0.3) is 0 Å².